The Labute approximate surface area is 163 Å². The maximum absolute atomic E-state index is 12.8. The van der Waals surface area contributed by atoms with Crippen LogP contribution in [0.4, 0.5) is 0 Å². The molecule has 3 rings (SSSR count). The summed E-state index contributed by atoms with van der Waals surface area (Å²) in [7, 11) is 1.59. The Morgan fingerprint density at radius 3 is 2.74 bits per heavy atom. The molecule has 144 valence electrons. The lowest BCUT2D eigenvalue weighted by atomic mass is 9.97. The molecule has 7 heteroatoms. The lowest BCUT2D eigenvalue weighted by molar-refractivity contribution is -0.118. The molecule has 0 aliphatic carbocycles. The van der Waals surface area contributed by atoms with E-state index < -0.39 is 0 Å². The maximum Gasteiger partial charge on any atom is 0.257 e. The topological polar surface area (TPSA) is 71.5 Å². The van der Waals surface area contributed by atoms with Gasteiger partial charge in [0, 0.05) is 44.3 Å². The first-order chi connectivity index (χ1) is 13.1. The van der Waals surface area contributed by atoms with Crippen LogP contribution in [-0.4, -0.2) is 48.4 Å². The zero-order chi connectivity index (χ0) is 19.2. The second kappa shape index (κ2) is 8.99. The Balaban J connectivity index is 1.55. The molecule has 2 heterocycles. The highest BCUT2D eigenvalue weighted by atomic mass is 32.1. The van der Waals surface area contributed by atoms with Gasteiger partial charge in [-0.1, -0.05) is 12.1 Å². The lowest BCUT2D eigenvalue weighted by Crippen LogP contribution is -2.38. The Bertz CT molecular complexity index is 797. The minimum absolute atomic E-state index is 0.0162. The Hall–Kier alpha value is -2.41. The lowest BCUT2D eigenvalue weighted by Gasteiger charge is -2.31. The quantitative estimate of drug-likeness (QED) is 0.827. The molecular weight excluding hydrogens is 362 g/mol. The normalized spacial score (nSPS) is 14.8. The molecule has 1 aromatic heterocycles. The number of thiazole rings is 1. The summed E-state index contributed by atoms with van der Waals surface area (Å²) in [6, 6.07) is 7.36. The van der Waals surface area contributed by atoms with Crippen LogP contribution in [0.5, 0.6) is 5.75 Å². The fraction of sp³-hybridized carbons (Fsp3) is 0.450. The van der Waals surface area contributed by atoms with Crippen LogP contribution in [0.1, 0.15) is 46.7 Å². The standard InChI is InChI=1S/C20H25N3O3S/c1-14(24)21-10-7-16-13-27-19(22-16)15-8-11-23(12-9-15)20(25)17-5-3-4-6-18(17)26-2/h3-6,13,15H,7-12H2,1-2H3,(H,21,24). The molecule has 1 aliphatic heterocycles. The molecule has 1 aromatic carbocycles. The number of nitrogens with one attached hydrogen (secondary N) is 1. The molecule has 1 saturated heterocycles. The molecule has 0 spiro atoms. The van der Waals surface area contributed by atoms with Crippen LogP contribution in [0.25, 0.3) is 0 Å². The highest BCUT2D eigenvalue weighted by Gasteiger charge is 2.27. The van der Waals surface area contributed by atoms with Gasteiger partial charge in [0.2, 0.25) is 5.91 Å². The summed E-state index contributed by atoms with van der Waals surface area (Å²) in [5.74, 6) is 1.03. The highest BCUT2D eigenvalue weighted by Crippen LogP contribution is 2.31. The fourth-order valence-corrected chi connectivity index (χ4v) is 4.34. The van der Waals surface area contributed by atoms with Crippen molar-refractivity contribution >= 4 is 23.2 Å². The molecule has 6 nitrogen and oxygen atoms in total. The fourth-order valence-electron chi connectivity index (χ4n) is 3.31. The van der Waals surface area contributed by atoms with Gasteiger partial charge in [-0.3, -0.25) is 9.59 Å². The van der Waals surface area contributed by atoms with Crippen molar-refractivity contribution in [1.29, 1.82) is 0 Å². The number of amides is 2. The second-order valence-electron chi connectivity index (χ2n) is 6.68. The van der Waals surface area contributed by atoms with Gasteiger partial charge in [0.15, 0.2) is 0 Å². The zero-order valence-electron chi connectivity index (χ0n) is 15.7. The smallest absolute Gasteiger partial charge is 0.257 e. The summed E-state index contributed by atoms with van der Waals surface area (Å²) in [4.78, 5) is 30.4. The average Bonchev–Trinajstić information content (AvgIpc) is 3.16. The summed E-state index contributed by atoms with van der Waals surface area (Å²) in [5, 5.41) is 6.01. The number of carbonyl (C=O) groups is 2. The largest absolute Gasteiger partial charge is 0.496 e. The van der Waals surface area contributed by atoms with E-state index in [0.29, 0.717) is 23.8 Å². The van der Waals surface area contributed by atoms with Gasteiger partial charge in [-0.05, 0) is 25.0 Å². The molecule has 0 atom stereocenters. The summed E-state index contributed by atoms with van der Waals surface area (Å²) < 4.78 is 5.32. The number of ether oxygens (including phenoxy) is 1. The number of methoxy groups -OCH3 is 1. The monoisotopic (exact) mass is 387 g/mol. The first kappa shape index (κ1) is 19.4. The van der Waals surface area contributed by atoms with E-state index in [0.717, 1.165) is 43.1 Å². The number of likely N-dealkylation sites (tertiary alicyclic amines) is 1. The molecule has 1 N–H and O–H groups in total. The zero-order valence-corrected chi connectivity index (χ0v) is 16.6. The number of rotatable bonds is 6. The third-order valence-electron chi connectivity index (χ3n) is 4.79. The minimum Gasteiger partial charge on any atom is -0.496 e. The number of para-hydroxylation sites is 1. The van der Waals surface area contributed by atoms with Crippen LogP contribution in [0.3, 0.4) is 0 Å². The third kappa shape index (κ3) is 4.86. The first-order valence-corrected chi connectivity index (χ1v) is 10.1. The molecule has 2 amide bonds. The van der Waals surface area contributed by atoms with E-state index in [1.807, 2.05) is 29.2 Å². The predicted molar refractivity (Wildman–Crippen MR) is 105 cm³/mol. The predicted octanol–water partition coefficient (Wildman–Crippen LogP) is 2.85. The van der Waals surface area contributed by atoms with E-state index in [1.165, 1.54) is 6.92 Å². The number of benzene rings is 1. The van der Waals surface area contributed by atoms with Crippen molar-refractivity contribution in [1.82, 2.24) is 15.2 Å². The van der Waals surface area contributed by atoms with E-state index in [9.17, 15) is 9.59 Å². The van der Waals surface area contributed by atoms with Gasteiger partial charge >= 0.3 is 0 Å². The number of nitrogens with zero attached hydrogens (tertiary/aromatic N) is 2. The van der Waals surface area contributed by atoms with Gasteiger partial charge in [-0.25, -0.2) is 4.98 Å². The molecule has 2 aromatic rings. The molecule has 27 heavy (non-hydrogen) atoms. The van der Waals surface area contributed by atoms with Crippen LogP contribution < -0.4 is 10.1 Å². The van der Waals surface area contributed by atoms with E-state index >= 15 is 0 Å². The van der Waals surface area contributed by atoms with E-state index in [-0.39, 0.29) is 11.8 Å². The van der Waals surface area contributed by atoms with Crippen molar-refractivity contribution in [3.8, 4) is 5.75 Å². The van der Waals surface area contributed by atoms with Crippen molar-refractivity contribution in [2.75, 3.05) is 26.7 Å². The molecule has 1 fully saturated rings. The summed E-state index contributed by atoms with van der Waals surface area (Å²) in [6.07, 6.45) is 2.58. The number of hydrogen-bond acceptors (Lipinski definition) is 5. The van der Waals surface area contributed by atoms with Gasteiger partial charge in [-0.2, -0.15) is 0 Å². The number of aromatic nitrogens is 1. The van der Waals surface area contributed by atoms with Crippen LogP contribution >= 0.6 is 11.3 Å². The molecule has 0 saturated carbocycles. The van der Waals surface area contributed by atoms with Gasteiger partial charge in [0.05, 0.1) is 23.4 Å². The van der Waals surface area contributed by atoms with Gasteiger partial charge < -0.3 is 15.0 Å². The number of hydrogen-bond donors (Lipinski definition) is 1. The van der Waals surface area contributed by atoms with Crippen molar-refractivity contribution in [3.63, 3.8) is 0 Å². The van der Waals surface area contributed by atoms with E-state index in [2.05, 4.69) is 10.7 Å². The van der Waals surface area contributed by atoms with Crippen molar-refractivity contribution in [3.05, 3.63) is 45.9 Å². The van der Waals surface area contributed by atoms with Crippen LogP contribution in [0.2, 0.25) is 0 Å². The van der Waals surface area contributed by atoms with Crippen molar-refractivity contribution in [2.24, 2.45) is 0 Å². The maximum atomic E-state index is 12.8. The molecule has 0 radical (unpaired) electrons. The van der Waals surface area contributed by atoms with Gasteiger partial charge in [0.25, 0.3) is 5.91 Å². The van der Waals surface area contributed by atoms with Gasteiger partial charge in [0.1, 0.15) is 5.75 Å². The second-order valence-corrected chi connectivity index (χ2v) is 7.57. The molecule has 0 bridgehead atoms. The highest BCUT2D eigenvalue weighted by molar-refractivity contribution is 7.09. The Kier molecular flexibility index (Phi) is 6.45. The SMILES string of the molecule is COc1ccccc1C(=O)N1CCC(c2nc(CCNC(C)=O)cs2)CC1. The average molecular weight is 388 g/mol. The van der Waals surface area contributed by atoms with Gasteiger partial charge in [-0.15, -0.1) is 11.3 Å². The molecular formula is C20H25N3O3S. The Morgan fingerprint density at radius 2 is 2.04 bits per heavy atom. The summed E-state index contributed by atoms with van der Waals surface area (Å²) in [5.41, 5.74) is 1.64. The van der Waals surface area contributed by atoms with Crippen molar-refractivity contribution < 1.29 is 14.3 Å². The summed E-state index contributed by atoms with van der Waals surface area (Å²) >= 11 is 1.68. The number of piperidine rings is 1. The summed E-state index contributed by atoms with van der Waals surface area (Å²) in [6.45, 7) is 3.58. The molecule has 0 unspecified atom stereocenters. The van der Waals surface area contributed by atoms with Crippen LogP contribution in [0.15, 0.2) is 29.6 Å². The van der Waals surface area contributed by atoms with Crippen molar-refractivity contribution in [2.45, 2.75) is 32.1 Å². The first-order valence-electron chi connectivity index (χ1n) is 9.19. The van der Waals surface area contributed by atoms with Crippen LogP contribution in [0, 0.1) is 0 Å². The third-order valence-corrected chi connectivity index (χ3v) is 5.85. The molecule has 1 aliphatic rings. The van der Waals surface area contributed by atoms with E-state index in [1.54, 1.807) is 18.4 Å². The minimum atomic E-state index is -0.0162. The number of carbonyl (C=O) groups excluding carboxylic acids is 2. The van der Waals surface area contributed by atoms with E-state index in [4.69, 9.17) is 9.72 Å². The van der Waals surface area contributed by atoms with Crippen LogP contribution in [-0.2, 0) is 11.2 Å². The Morgan fingerprint density at radius 1 is 1.30 bits per heavy atom.